The van der Waals surface area contributed by atoms with Gasteiger partial charge in [0.1, 0.15) is 5.52 Å². The van der Waals surface area contributed by atoms with Gasteiger partial charge in [-0.15, -0.1) is 15.3 Å². The number of anilines is 3. The van der Waals surface area contributed by atoms with Gasteiger partial charge in [0, 0.05) is 53.3 Å². The van der Waals surface area contributed by atoms with Crippen LogP contribution in [0, 0.1) is 11.8 Å². The Morgan fingerprint density at radius 2 is 2.11 bits per heavy atom. The first-order valence-corrected chi connectivity index (χ1v) is 11.7. The van der Waals surface area contributed by atoms with Crippen LogP contribution in [0.5, 0.6) is 0 Å². The molecule has 2 N–H and O–H groups in total. The summed E-state index contributed by atoms with van der Waals surface area (Å²) in [5, 5.41) is 19.2. The van der Waals surface area contributed by atoms with Crippen molar-refractivity contribution in [3.63, 3.8) is 0 Å². The Hall–Kier alpha value is -3.57. The molecule has 180 valence electrons. The van der Waals surface area contributed by atoms with E-state index >= 15 is 0 Å². The van der Waals surface area contributed by atoms with Crippen LogP contribution < -0.4 is 15.5 Å². The Kier molecular flexibility index (Phi) is 4.59. The smallest absolute Gasteiger partial charge is 0.228 e. The number of carbonyl (C=O) groups excluding carboxylic acids is 1. The maximum absolute atomic E-state index is 12.5. The molecule has 35 heavy (non-hydrogen) atoms. The molecule has 0 bridgehead atoms. The van der Waals surface area contributed by atoms with Crippen LogP contribution in [-0.2, 0) is 9.53 Å². The zero-order valence-corrected chi connectivity index (χ0v) is 19.6. The third-order valence-corrected chi connectivity index (χ3v) is 6.75. The van der Waals surface area contributed by atoms with Crippen molar-refractivity contribution in [3.05, 3.63) is 29.5 Å². The number of nitrogens with one attached hydrogen (secondary N) is 2. The number of nitrogens with zero attached hydrogens (tertiary/aromatic N) is 7. The van der Waals surface area contributed by atoms with Crippen molar-refractivity contribution >= 4 is 51.4 Å². The van der Waals surface area contributed by atoms with Crippen LogP contribution in [0.4, 0.5) is 17.3 Å². The summed E-state index contributed by atoms with van der Waals surface area (Å²) in [5.74, 6) is 0.761. The molecule has 2 aliphatic rings. The molecule has 4 aromatic rings. The van der Waals surface area contributed by atoms with Crippen LogP contribution >= 0.6 is 11.6 Å². The molecule has 0 aromatic carbocycles. The first-order chi connectivity index (χ1) is 18.2. The minimum absolute atomic E-state index is 0.0337. The summed E-state index contributed by atoms with van der Waals surface area (Å²) >= 11 is 6.58. The largest absolute Gasteiger partial charge is 0.378 e. The number of rotatable bonds is 5. The molecule has 0 unspecified atom stereocenters. The molecule has 6 rings (SSSR count). The van der Waals surface area contributed by atoms with Crippen molar-refractivity contribution in [2.45, 2.75) is 13.3 Å². The van der Waals surface area contributed by atoms with E-state index in [1.807, 2.05) is 13.1 Å². The lowest BCUT2D eigenvalue weighted by Gasteiger charge is -2.29. The number of amides is 1. The predicted molar refractivity (Wildman–Crippen MR) is 133 cm³/mol. The average Bonchev–Trinajstić information content (AvgIpc) is 3.47. The Morgan fingerprint density at radius 3 is 2.89 bits per heavy atom. The van der Waals surface area contributed by atoms with Crippen LogP contribution in [0.25, 0.3) is 27.9 Å². The zero-order chi connectivity index (χ0) is 26.6. The minimum Gasteiger partial charge on any atom is -0.378 e. The Morgan fingerprint density at radius 1 is 1.29 bits per heavy atom. The highest BCUT2D eigenvalue weighted by Crippen LogP contribution is 2.38. The molecule has 1 saturated heterocycles. The summed E-state index contributed by atoms with van der Waals surface area (Å²) in [6.07, 6.45) is 4.13. The fraction of sp³-hybridized carbons (Fsp3) is 0.391. The molecule has 5 heterocycles. The first-order valence-electron chi connectivity index (χ1n) is 12.8. The normalized spacial score (nSPS) is 21.4. The Balaban J connectivity index is 1.43. The number of carbonyl (C=O) groups is 1. The lowest BCUT2D eigenvalue weighted by atomic mass is 10.1. The number of morpholine rings is 1. The molecular formula is C23H24ClN9O2. The van der Waals surface area contributed by atoms with Crippen molar-refractivity contribution < 1.29 is 13.6 Å². The molecule has 1 aliphatic carbocycles. The molecule has 1 aliphatic heterocycles. The molecular weight excluding hydrogens is 470 g/mol. The zero-order valence-electron chi connectivity index (χ0n) is 21.8. The molecule has 0 radical (unpaired) electrons. The maximum Gasteiger partial charge on any atom is 0.228 e. The van der Waals surface area contributed by atoms with E-state index in [1.54, 1.807) is 16.6 Å². The van der Waals surface area contributed by atoms with E-state index in [4.69, 9.17) is 20.5 Å². The van der Waals surface area contributed by atoms with E-state index in [1.165, 1.54) is 6.20 Å². The Bertz CT molecular complexity index is 1550. The number of hydrogen-bond acceptors (Lipinski definition) is 9. The molecule has 4 aromatic heterocycles. The van der Waals surface area contributed by atoms with Gasteiger partial charge < -0.3 is 20.3 Å². The number of halogens is 1. The van der Waals surface area contributed by atoms with E-state index in [-0.39, 0.29) is 29.0 Å². The van der Waals surface area contributed by atoms with Crippen molar-refractivity contribution in [2.24, 2.45) is 11.8 Å². The van der Waals surface area contributed by atoms with Crippen LogP contribution in [0.1, 0.15) is 17.5 Å². The fourth-order valence-electron chi connectivity index (χ4n) is 4.31. The summed E-state index contributed by atoms with van der Waals surface area (Å²) < 4.78 is 29.9. The van der Waals surface area contributed by atoms with E-state index in [0.29, 0.717) is 59.7 Å². The second-order valence-corrected chi connectivity index (χ2v) is 9.20. The van der Waals surface area contributed by atoms with Gasteiger partial charge in [0.15, 0.2) is 23.1 Å². The number of hydrogen-bond donors (Lipinski definition) is 2. The van der Waals surface area contributed by atoms with E-state index in [2.05, 4.69) is 40.8 Å². The predicted octanol–water partition coefficient (Wildman–Crippen LogP) is 2.86. The van der Waals surface area contributed by atoms with Crippen molar-refractivity contribution in [1.82, 2.24) is 29.8 Å². The van der Waals surface area contributed by atoms with Gasteiger partial charge >= 0.3 is 0 Å². The molecule has 1 amide bonds. The summed E-state index contributed by atoms with van der Waals surface area (Å²) in [7, 11) is 0. The molecule has 11 nitrogen and oxygen atoms in total. The van der Waals surface area contributed by atoms with Gasteiger partial charge in [-0.2, -0.15) is 0 Å². The third-order valence-electron chi connectivity index (χ3n) is 6.44. The van der Waals surface area contributed by atoms with Crippen LogP contribution in [-0.4, -0.2) is 69.0 Å². The van der Waals surface area contributed by atoms with Gasteiger partial charge in [0.25, 0.3) is 0 Å². The monoisotopic (exact) mass is 496 g/mol. The summed E-state index contributed by atoms with van der Waals surface area (Å²) in [4.78, 5) is 23.6. The SMILES string of the molecule is [2H]C([2H])([2H])Nc1ncc(-c2nc3cc(Cl)c(N4CCOCC4)cn3n2)c2cc(NC(=O)[C@H]3C[C@H]3C)nnc12. The quantitative estimate of drug-likeness (QED) is 0.429. The molecule has 2 atom stereocenters. The first kappa shape index (κ1) is 18.7. The molecule has 12 heteroatoms. The van der Waals surface area contributed by atoms with Crippen molar-refractivity contribution in [2.75, 3.05) is 48.8 Å². The van der Waals surface area contributed by atoms with Crippen LogP contribution in [0.3, 0.4) is 0 Å². The fourth-order valence-corrected chi connectivity index (χ4v) is 4.58. The van der Waals surface area contributed by atoms with Gasteiger partial charge in [0.05, 0.1) is 30.1 Å². The third kappa shape index (κ3) is 4.00. The summed E-state index contributed by atoms with van der Waals surface area (Å²) in [5.41, 5.74) is 2.05. The minimum atomic E-state index is -2.49. The molecule has 1 saturated carbocycles. The maximum atomic E-state index is 12.5. The summed E-state index contributed by atoms with van der Waals surface area (Å²) in [6, 6.07) is 3.37. The van der Waals surface area contributed by atoms with Crippen molar-refractivity contribution in [3.8, 4) is 11.4 Å². The van der Waals surface area contributed by atoms with Gasteiger partial charge in [-0.3, -0.25) is 4.79 Å². The highest BCUT2D eigenvalue weighted by molar-refractivity contribution is 6.33. The topological polar surface area (TPSA) is 122 Å². The lowest BCUT2D eigenvalue weighted by Crippen LogP contribution is -2.36. The molecule has 0 spiro atoms. The average molecular weight is 497 g/mol. The number of ether oxygens (including phenoxy) is 1. The second-order valence-electron chi connectivity index (χ2n) is 8.79. The van der Waals surface area contributed by atoms with Gasteiger partial charge in [0.2, 0.25) is 5.91 Å². The van der Waals surface area contributed by atoms with Gasteiger partial charge in [-0.05, 0) is 18.4 Å². The van der Waals surface area contributed by atoms with Crippen LogP contribution in [0.15, 0.2) is 24.5 Å². The summed E-state index contributed by atoms with van der Waals surface area (Å²) in [6.45, 7) is 2.18. The second kappa shape index (κ2) is 8.58. The van der Waals surface area contributed by atoms with Gasteiger partial charge in [-0.1, -0.05) is 18.5 Å². The van der Waals surface area contributed by atoms with Gasteiger partial charge in [-0.25, -0.2) is 14.5 Å². The number of aromatic nitrogens is 6. The highest BCUT2D eigenvalue weighted by Gasteiger charge is 2.39. The highest BCUT2D eigenvalue weighted by atomic mass is 35.5. The van der Waals surface area contributed by atoms with E-state index in [0.717, 1.165) is 12.1 Å². The molecule has 2 fully saturated rings. The van der Waals surface area contributed by atoms with Crippen molar-refractivity contribution in [1.29, 1.82) is 0 Å². The van der Waals surface area contributed by atoms with Crippen LogP contribution in [0.2, 0.25) is 5.02 Å². The number of pyridine rings is 2. The number of fused-ring (bicyclic) bond motifs is 2. The Labute approximate surface area is 210 Å². The van der Waals surface area contributed by atoms with E-state index in [9.17, 15) is 4.79 Å². The van der Waals surface area contributed by atoms with E-state index < -0.39 is 6.98 Å². The lowest BCUT2D eigenvalue weighted by molar-refractivity contribution is -0.117. The standard InChI is InChI=1S/C23H24ClN9O2/c1-12-7-13(12)23(34)27-18-8-14-15(10-26-22(25-2)20(14)30-29-18)21-28-19-9-16(24)17(11-33(19)31-21)32-3-5-35-6-4-32/h8-13H,3-7H2,1-2H3,(H,25,26)(H,27,29,34)/t12-,13+/m1/s1/i2D3.